The van der Waals surface area contributed by atoms with Crippen LogP contribution >= 0.6 is 0 Å². The van der Waals surface area contributed by atoms with Gasteiger partial charge in [-0.3, -0.25) is 4.79 Å². The normalized spacial score (nSPS) is 28.6. The molecule has 0 aromatic rings. The Bertz CT molecular complexity index is 406. The largest absolute Gasteiger partial charge is 0.453 e. The maximum Gasteiger partial charge on any atom is 0.407 e. The molecule has 1 saturated heterocycles. The summed E-state index contributed by atoms with van der Waals surface area (Å²) in [6, 6.07) is -0.177. The molecule has 20 heavy (non-hydrogen) atoms. The molecule has 1 saturated carbocycles. The average molecular weight is 282 g/mol. The quantitative estimate of drug-likeness (QED) is 0.863. The number of piperidine rings is 1. The van der Waals surface area contributed by atoms with Crippen LogP contribution in [0.25, 0.3) is 0 Å². The van der Waals surface area contributed by atoms with Crippen molar-refractivity contribution in [3.63, 3.8) is 0 Å². The summed E-state index contributed by atoms with van der Waals surface area (Å²) in [6.07, 6.45) is 2.85. The van der Waals surface area contributed by atoms with E-state index in [-0.39, 0.29) is 17.4 Å². The van der Waals surface area contributed by atoms with Gasteiger partial charge in [0.25, 0.3) is 0 Å². The summed E-state index contributed by atoms with van der Waals surface area (Å²) in [5.41, 5.74) is -0.106. The van der Waals surface area contributed by atoms with E-state index in [1.165, 1.54) is 13.5 Å². The van der Waals surface area contributed by atoms with Crippen molar-refractivity contribution in [1.82, 2.24) is 10.2 Å². The van der Waals surface area contributed by atoms with Crippen molar-refractivity contribution in [3.05, 3.63) is 0 Å². The first-order chi connectivity index (χ1) is 9.28. The Morgan fingerprint density at radius 1 is 1.30 bits per heavy atom. The van der Waals surface area contributed by atoms with Gasteiger partial charge in [-0.1, -0.05) is 13.8 Å². The number of fused-ring (bicyclic) bond motifs is 2. The lowest BCUT2D eigenvalue weighted by molar-refractivity contribution is -0.142. The molecule has 2 amide bonds. The van der Waals surface area contributed by atoms with Crippen LogP contribution in [0.4, 0.5) is 4.79 Å². The summed E-state index contributed by atoms with van der Waals surface area (Å²) in [5, 5.41) is 2.69. The number of rotatable bonds is 3. The molecule has 0 aromatic carbocycles. The number of amides is 2. The lowest BCUT2D eigenvalue weighted by atomic mass is 9.85. The minimum atomic E-state index is -0.542. The van der Waals surface area contributed by atoms with Crippen LogP contribution in [0.2, 0.25) is 0 Å². The standard InChI is InChI=1S/C15H26N2O3/c1-9(2)12(16-14(19)20-5)13(18)17-11-7-6-10(8-11)15(17,3)4/h9-12H,6-8H2,1-5H3,(H,16,19)/t10-,11+,12-/m0/s1. The number of ether oxygens (including phenoxy) is 1. The van der Waals surface area contributed by atoms with Crippen molar-refractivity contribution in [1.29, 1.82) is 0 Å². The van der Waals surface area contributed by atoms with E-state index in [0.29, 0.717) is 12.0 Å². The molecule has 1 aliphatic heterocycles. The molecule has 2 bridgehead atoms. The topological polar surface area (TPSA) is 58.6 Å². The summed E-state index contributed by atoms with van der Waals surface area (Å²) < 4.78 is 4.64. The number of carbonyl (C=O) groups is 2. The number of hydrogen-bond acceptors (Lipinski definition) is 3. The highest BCUT2D eigenvalue weighted by atomic mass is 16.5. The second kappa shape index (κ2) is 5.26. The van der Waals surface area contributed by atoms with Gasteiger partial charge >= 0.3 is 6.09 Å². The van der Waals surface area contributed by atoms with Gasteiger partial charge in [0.05, 0.1) is 7.11 Å². The predicted molar refractivity (Wildman–Crippen MR) is 76.2 cm³/mol. The van der Waals surface area contributed by atoms with Crippen LogP contribution in [-0.4, -0.2) is 41.6 Å². The van der Waals surface area contributed by atoms with E-state index in [1.807, 2.05) is 18.7 Å². The SMILES string of the molecule is COC(=O)N[C@H](C(=O)N1[C@@H]2CC[C@@H](C2)C1(C)C)C(C)C. The van der Waals surface area contributed by atoms with E-state index in [1.54, 1.807) is 0 Å². The molecule has 2 rings (SSSR count). The zero-order valence-electron chi connectivity index (χ0n) is 13.1. The first kappa shape index (κ1) is 15.1. The van der Waals surface area contributed by atoms with E-state index < -0.39 is 12.1 Å². The maximum absolute atomic E-state index is 12.9. The third-order valence-electron chi connectivity index (χ3n) is 5.02. The van der Waals surface area contributed by atoms with Gasteiger partial charge in [-0.15, -0.1) is 0 Å². The van der Waals surface area contributed by atoms with Crippen LogP contribution in [0.15, 0.2) is 0 Å². The number of methoxy groups -OCH3 is 1. The third-order valence-corrected chi connectivity index (χ3v) is 5.02. The van der Waals surface area contributed by atoms with Gasteiger partial charge in [0, 0.05) is 11.6 Å². The Morgan fingerprint density at radius 2 is 1.95 bits per heavy atom. The monoisotopic (exact) mass is 282 g/mol. The van der Waals surface area contributed by atoms with Crippen molar-refractivity contribution < 1.29 is 14.3 Å². The third kappa shape index (κ3) is 2.38. The Morgan fingerprint density at radius 3 is 2.40 bits per heavy atom. The molecule has 114 valence electrons. The van der Waals surface area contributed by atoms with Crippen LogP contribution in [0.5, 0.6) is 0 Å². The fourth-order valence-electron chi connectivity index (χ4n) is 3.81. The van der Waals surface area contributed by atoms with Gasteiger partial charge in [0.15, 0.2) is 0 Å². The number of carbonyl (C=O) groups excluding carboxylic acids is 2. The van der Waals surface area contributed by atoms with Crippen LogP contribution in [-0.2, 0) is 9.53 Å². The van der Waals surface area contributed by atoms with Crippen LogP contribution < -0.4 is 5.32 Å². The van der Waals surface area contributed by atoms with Gasteiger partial charge in [0.2, 0.25) is 5.91 Å². The molecule has 0 spiro atoms. The molecule has 0 radical (unpaired) electrons. The predicted octanol–water partition coefficient (Wildman–Crippen LogP) is 2.16. The van der Waals surface area contributed by atoms with Crippen molar-refractivity contribution in [2.45, 2.75) is 64.6 Å². The zero-order chi connectivity index (χ0) is 15.1. The molecule has 3 atom stereocenters. The lowest BCUT2D eigenvalue weighted by Gasteiger charge is -2.44. The van der Waals surface area contributed by atoms with Crippen molar-refractivity contribution in [2.24, 2.45) is 11.8 Å². The zero-order valence-corrected chi connectivity index (χ0v) is 13.1. The molecule has 5 nitrogen and oxygen atoms in total. The molecule has 1 heterocycles. The maximum atomic E-state index is 12.9. The van der Waals surface area contributed by atoms with Crippen molar-refractivity contribution >= 4 is 12.0 Å². The van der Waals surface area contributed by atoms with Crippen LogP contribution in [0.1, 0.15) is 47.0 Å². The molecule has 0 aromatic heterocycles. The number of nitrogens with zero attached hydrogens (tertiary/aromatic N) is 1. The molecular formula is C15H26N2O3. The number of likely N-dealkylation sites (tertiary alicyclic amines) is 1. The highest BCUT2D eigenvalue weighted by Gasteiger charge is 2.54. The number of nitrogens with one attached hydrogen (secondary N) is 1. The summed E-state index contributed by atoms with van der Waals surface area (Å²) in [6.45, 7) is 8.17. The van der Waals surface area contributed by atoms with Gasteiger partial charge in [0.1, 0.15) is 6.04 Å². The van der Waals surface area contributed by atoms with Crippen molar-refractivity contribution in [2.75, 3.05) is 7.11 Å². The Labute approximate surface area is 121 Å². The first-order valence-corrected chi connectivity index (χ1v) is 7.46. The number of hydrogen-bond donors (Lipinski definition) is 1. The van der Waals surface area contributed by atoms with E-state index in [9.17, 15) is 9.59 Å². The Kier molecular flexibility index (Phi) is 3.98. The molecular weight excluding hydrogens is 256 g/mol. The highest BCUT2D eigenvalue weighted by Crippen LogP contribution is 2.49. The molecule has 2 fully saturated rings. The highest BCUT2D eigenvalue weighted by molar-refractivity contribution is 5.87. The Hall–Kier alpha value is -1.26. The molecule has 5 heteroatoms. The fraction of sp³-hybridized carbons (Fsp3) is 0.867. The van der Waals surface area contributed by atoms with Gasteiger partial charge in [-0.05, 0) is 44.9 Å². The van der Waals surface area contributed by atoms with Gasteiger partial charge in [-0.2, -0.15) is 0 Å². The van der Waals surface area contributed by atoms with Crippen molar-refractivity contribution in [3.8, 4) is 0 Å². The summed E-state index contributed by atoms with van der Waals surface area (Å²) in [5.74, 6) is 0.654. The van der Waals surface area contributed by atoms with E-state index in [4.69, 9.17) is 0 Å². The molecule has 1 N–H and O–H groups in total. The molecule has 0 unspecified atom stereocenters. The molecule has 2 aliphatic rings. The van der Waals surface area contributed by atoms with Crippen LogP contribution in [0.3, 0.4) is 0 Å². The Balaban J connectivity index is 2.17. The smallest absolute Gasteiger partial charge is 0.407 e. The lowest BCUT2D eigenvalue weighted by Crippen LogP contribution is -2.59. The van der Waals surface area contributed by atoms with Crippen LogP contribution in [0, 0.1) is 11.8 Å². The van der Waals surface area contributed by atoms with Gasteiger partial charge in [-0.25, -0.2) is 4.79 Å². The first-order valence-electron chi connectivity index (χ1n) is 7.46. The second-order valence-electron chi connectivity index (χ2n) is 6.88. The average Bonchev–Trinajstić information content (AvgIpc) is 2.92. The summed E-state index contributed by atoms with van der Waals surface area (Å²) in [4.78, 5) is 26.4. The summed E-state index contributed by atoms with van der Waals surface area (Å²) in [7, 11) is 1.32. The minimum absolute atomic E-state index is 0.0302. The number of alkyl carbamates (subject to hydrolysis) is 1. The molecule has 1 aliphatic carbocycles. The minimum Gasteiger partial charge on any atom is -0.453 e. The van der Waals surface area contributed by atoms with E-state index >= 15 is 0 Å². The summed E-state index contributed by atoms with van der Waals surface area (Å²) >= 11 is 0. The fourth-order valence-corrected chi connectivity index (χ4v) is 3.81. The second-order valence-corrected chi connectivity index (χ2v) is 6.88. The van der Waals surface area contributed by atoms with Gasteiger partial charge < -0.3 is 15.0 Å². The van der Waals surface area contributed by atoms with E-state index in [0.717, 1.165) is 12.8 Å². The van der Waals surface area contributed by atoms with E-state index in [2.05, 4.69) is 23.9 Å².